The van der Waals surface area contributed by atoms with E-state index in [1.807, 2.05) is 0 Å². The highest BCUT2D eigenvalue weighted by atomic mass is 32.2. The Hall–Kier alpha value is -3.01. The molecule has 2 aromatic carbocycles. The summed E-state index contributed by atoms with van der Waals surface area (Å²) in [5.41, 5.74) is 0.229. The summed E-state index contributed by atoms with van der Waals surface area (Å²) in [5.74, 6) is -0.143. The average Bonchev–Trinajstić information content (AvgIpc) is 3.04. The minimum absolute atomic E-state index is 0.229. The zero-order valence-electron chi connectivity index (χ0n) is 12.3. The van der Waals surface area contributed by atoms with Crippen molar-refractivity contribution >= 4 is 17.4 Å². The number of para-hydroxylation sites is 2. The largest absolute Gasteiger partial charge is 0.494 e. The molecule has 1 aromatic heterocycles. The first kappa shape index (κ1) is 15.9. The highest BCUT2D eigenvalue weighted by Crippen LogP contribution is 2.35. The Morgan fingerprint density at radius 1 is 1.29 bits per heavy atom. The summed E-state index contributed by atoms with van der Waals surface area (Å²) in [7, 11) is 1.51. The van der Waals surface area contributed by atoms with E-state index in [1.54, 1.807) is 24.3 Å². The van der Waals surface area contributed by atoms with E-state index in [-0.39, 0.29) is 15.7 Å². The lowest BCUT2D eigenvalue weighted by atomic mass is 10.3. The van der Waals surface area contributed by atoms with Crippen molar-refractivity contribution in [1.82, 2.24) is 20.2 Å². The Balaban J connectivity index is 2.02. The number of nitrogens with zero attached hydrogens (tertiary/aromatic N) is 5. The number of nitro groups is 1. The summed E-state index contributed by atoms with van der Waals surface area (Å²) < 4.78 is 19.9. The van der Waals surface area contributed by atoms with Gasteiger partial charge in [0.25, 0.3) is 5.69 Å². The second kappa shape index (κ2) is 6.62. The first-order valence-electron chi connectivity index (χ1n) is 6.63. The molecule has 24 heavy (non-hydrogen) atoms. The van der Waals surface area contributed by atoms with Crippen LogP contribution in [0, 0.1) is 15.9 Å². The molecule has 0 bridgehead atoms. The minimum Gasteiger partial charge on any atom is -0.494 e. The van der Waals surface area contributed by atoms with E-state index in [1.165, 1.54) is 17.9 Å². The van der Waals surface area contributed by atoms with Crippen molar-refractivity contribution in [2.75, 3.05) is 7.11 Å². The number of ether oxygens (including phenoxy) is 1. The molecule has 10 heteroatoms. The van der Waals surface area contributed by atoms with Gasteiger partial charge in [0.2, 0.25) is 5.16 Å². The second-order valence-corrected chi connectivity index (χ2v) is 5.53. The van der Waals surface area contributed by atoms with Crippen LogP contribution < -0.4 is 4.74 Å². The monoisotopic (exact) mass is 347 g/mol. The predicted molar refractivity (Wildman–Crippen MR) is 82.9 cm³/mol. The van der Waals surface area contributed by atoms with Gasteiger partial charge in [0, 0.05) is 0 Å². The fraction of sp³-hybridized carbons (Fsp3) is 0.0714. The van der Waals surface area contributed by atoms with Crippen LogP contribution in [0.4, 0.5) is 10.1 Å². The number of aromatic nitrogens is 4. The Labute approximate surface area is 139 Å². The first-order valence-corrected chi connectivity index (χ1v) is 7.45. The van der Waals surface area contributed by atoms with Crippen molar-refractivity contribution in [3.8, 4) is 11.4 Å². The molecule has 0 fully saturated rings. The van der Waals surface area contributed by atoms with Crippen LogP contribution in [0.25, 0.3) is 5.69 Å². The number of benzene rings is 2. The Morgan fingerprint density at radius 3 is 2.83 bits per heavy atom. The lowest BCUT2D eigenvalue weighted by molar-refractivity contribution is -0.387. The maximum Gasteiger partial charge on any atom is 0.286 e. The lowest BCUT2D eigenvalue weighted by Gasteiger charge is -2.09. The molecule has 0 N–H and O–H groups in total. The Bertz CT molecular complexity index is 902. The molecule has 0 amide bonds. The third-order valence-corrected chi connectivity index (χ3v) is 4.08. The van der Waals surface area contributed by atoms with Gasteiger partial charge in [-0.05, 0) is 46.5 Å². The van der Waals surface area contributed by atoms with E-state index in [4.69, 9.17) is 4.74 Å². The molecule has 8 nitrogen and oxygen atoms in total. The van der Waals surface area contributed by atoms with Gasteiger partial charge in [-0.3, -0.25) is 10.1 Å². The molecule has 0 spiro atoms. The summed E-state index contributed by atoms with van der Waals surface area (Å²) in [6, 6.07) is 10.4. The van der Waals surface area contributed by atoms with Crippen molar-refractivity contribution in [2.45, 2.75) is 10.1 Å². The minimum atomic E-state index is -0.685. The third-order valence-electron chi connectivity index (χ3n) is 3.07. The zero-order valence-corrected chi connectivity index (χ0v) is 13.1. The molecule has 0 radical (unpaired) electrons. The van der Waals surface area contributed by atoms with E-state index in [0.29, 0.717) is 11.4 Å². The van der Waals surface area contributed by atoms with E-state index < -0.39 is 10.7 Å². The average molecular weight is 347 g/mol. The van der Waals surface area contributed by atoms with Crippen LogP contribution in [0.1, 0.15) is 0 Å². The number of tetrazole rings is 1. The van der Waals surface area contributed by atoms with E-state index >= 15 is 0 Å². The molecular formula is C14H10FN5O3S. The molecule has 0 atom stereocenters. The molecule has 0 saturated heterocycles. The van der Waals surface area contributed by atoms with E-state index in [0.717, 1.165) is 23.9 Å². The van der Waals surface area contributed by atoms with Crippen molar-refractivity contribution in [3.63, 3.8) is 0 Å². The summed E-state index contributed by atoms with van der Waals surface area (Å²) in [4.78, 5) is 10.7. The van der Waals surface area contributed by atoms with Crippen molar-refractivity contribution in [1.29, 1.82) is 0 Å². The van der Waals surface area contributed by atoms with Gasteiger partial charge in [0.1, 0.15) is 17.3 Å². The van der Waals surface area contributed by atoms with Gasteiger partial charge in [-0.2, -0.15) is 4.68 Å². The Kier molecular flexibility index (Phi) is 4.38. The molecule has 0 saturated carbocycles. The number of hydrogen-bond donors (Lipinski definition) is 0. The van der Waals surface area contributed by atoms with Gasteiger partial charge in [-0.15, -0.1) is 5.10 Å². The maximum atomic E-state index is 13.3. The molecule has 3 rings (SSSR count). The number of nitro benzene ring substituents is 1. The molecular weight excluding hydrogens is 337 g/mol. The third kappa shape index (κ3) is 3.04. The molecule has 122 valence electrons. The highest BCUT2D eigenvalue weighted by molar-refractivity contribution is 7.99. The molecule has 0 aliphatic rings. The van der Waals surface area contributed by atoms with Crippen molar-refractivity contribution < 1.29 is 14.1 Å². The van der Waals surface area contributed by atoms with Gasteiger partial charge in [-0.1, -0.05) is 12.1 Å². The lowest BCUT2D eigenvalue weighted by Crippen LogP contribution is -2.02. The standard InChI is InChI=1S/C14H10FN5O3S/c1-23-12-5-3-2-4-10(12)19-14(16-17-18-19)24-13-7-6-9(15)8-11(13)20(21)22/h2-8H,1H3. The van der Waals surface area contributed by atoms with Crippen LogP contribution in [0.2, 0.25) is 0 Å². The topological polar surface area (TPSA) is 96.0 Å². The smallest absolute Gasteiger partial charge is 0.286 e. The fourth-order valence-corrected chi connectivity index (χ4v) is 2.89. The molecule has 0 aliphatic carbocycles. The number of halogens is 1. The van der Waals surface area contributed by atoms with Crippen LogP contribution >= 0.6 is 11.8 Å². The van der Waals surface area contributed by atoms with Crippen LogP contribution in [0.5, 0.6) is 5.75 Å². The number of rotatable bonds is 5. The molecule has 0 aliphatic heterocycles. The molecule has 1 heterocycles. The van der Waals surface area contributed by atoms with E-state index in [2.05, 4.69) is 15.5 Å². The SMILES string of the molecule is COc1ccccc1-n1nnnc1Sc1ccc(F)cc1[N+](=O)[O-]. The summed E-state index contributed by atoms with van der Waals surface area (Å²) in [5, 5.41) is 22.8. The normalized spacial score (nSPS) is 10.6. The van der Waals surface area contributed by atoms with Gasteiger partial charge < -0.3 is 4.74 Å². The van der Waals surface area contributed by atoms with Gasteiger partial charge in [0.15, 0.2) is 0 Å². The second-order valence-electron chi connectivity index (χ2n) is 4.52. The number of methoxy groups -OCH3 is 1. The quantitative estimate of drug-likeness (QED) is 0.517. The van der Waals surface area contributed by atoms with Crippen molar-refractivity contribution in [2.24, 2.45) is 0 Å². The molecule has 3 aromatic rings. The fourth-order valence-electron chi connectivity index (χ4n) is 2.02. The summed E-state index contributed by atoms with van der Waals surface area (Å²) in [6.45, 7) is 0. The number of hydrogen-bond acceptors (Lipinski definition) is 7. The van der Waals surface area contributed by atoms with Gasteiger partial charge >= 0.3 is 0 Å². The van der Waals surface area contributed by atoms with Crippen molar-refractivity contribution in [3.05, 3.63) is 58.4 Å². The highest BCUT2D eigenvalue weighted by Gasteiger charge is 2.20. The van der Waals surface area contributed by atoms with Gasteiger partial charge in [-0.25, -0.2) is 4.39 Å². The van der Waals surface area contributed by atoms with Crippen LogP contribution in [0.3, 0.4) is 0 Å². The van der Waals surface area contributed by atoms with Crippen LogP contribution in [-0.2, 0) is 0 Å². The maximum absolute atomic E-state index is 13.3. The summed E-state index contributed by atoms with van der Waals surface area (Å²) in [6.07, 6.45) is 0. The first-order chi connectivity index (χ1) is 11.6. The molecule has 0 unspecified atom stereocenters. The predicted octanol–water partition coefficient (Wildman–Crippen LogP) is 2.87. The van der Waals surface area contributed by atoms with E-state index in [9.17, 15) is 14.5 Å². The van der Waals surface area contributed by atoms with Crippen LogP contribution in [0.15, 0.2) is 52.5 Å². The Morgan fingerprint density at radius 2 is 2.08 bits per heavy atom. The zero-order chi connectivity index (χ0) is 17.1. The summed E-state index contributed by atoms with van der Waals surface area (Å²) >= 11 is 0.962. The van der Waals surface area contributed by atoms with Crippen LogP contribution in [-0.4, -0.2) is 32.2 Å². The van der Waals surface area contributed by atoms with Gasteiger partial charge in [0.05, 0.1) is 23.0 Å².